The minimum atomic E-state index is -0.865. The second-order valence-electron chi connectivity index (χ2n) is 3.57. The van der Waals surface area contributed by atoms with Crippen molar-refractivity contribution in [3.05, 3.63) is 15.5 Å². The second kappa shape index (κ2) is 3.61. The predicted molar refractivity (Wildman–Crippen MR) is 56.5 cm³/mol. The van der Waals surface area contributed by atoms with E-state index in [0.717, 1.165) is 17.7 Å². The maximum absolute atomic E-state index is 11.8. The van der Waals surface area contributed by atoms with Crippen molar-refractivity contribution in [2.24, 2.45) is 5.73 Å². The summed E-state index contributed by atoms with van der Waals surface area (Å²) in [6.07, 6.45) is 3.17. The van der Waals surface area contributed by atoms with Crippen LogP contribution in [0.3, 0.4) is 0 Å². The Morgan fingerprint density at radius 3 is 2.93 bits per heavy atom. The summed E-state index contributed by atoms with van der Waals surface area (Å²) < 4.78 is 0. The van der Waals surface area contributed by atoms with Gasteiger partial charge >= 0.3 is 0 Å². The number of thiazole rings is 1. The van der Waals surface area contributed by atoms with Crippen LogP contribution in [0.4, 0.5) is 0 Å². The van der Waals surface area contributed by atoms with Gasteiger partial charge < -0.3 is 5.73 Å². The van der Waals surface area contributed by atoms with Crippen molar-refractivity contribution in [1.82, 2.24) is 4.98 Å². The highest BCUT2D eigenvalue weighted by atomic mass is 35.5. The maximum atomic E-state index is 11.8. The van der Waals surface area contributed by atoms with E-state index in [2.05, 4.69) is 4.98 Å². The van der Waals surface area contributed by atoms with E-state index >= 15 is 0 Å². The maximum Gasteiger partial charge on any atom is 0.158 e. The lowest BCUT2D eigenvalue weighted by molar-refractivity contribution is -0.126. The van der Waals surface area contributed by atoms with Crippen LogP contribution in [0.5, 0.6) is 0 Å². The zero-order valence-corrected chi connectivity index (χ0v) is 9.20. The Morgan fingerprint density at radius 2 is 2.36 bits per heavy atom. The van der Waals surface area contributed by atoms with Gasteiger partial charge in [0.2, 0.25) is 0 Å². The molecule has 1 aromatic heterocycles. The third-order valence-corrected chi connectivity index (χ3v) is 4.05. The number of halogens is 1. The Labute approximate surface area is 91.3 Å². The molecule has 0 aromatic carbocycles. The zero-order chi connectivity index (χ0) is 10.2. The SMILES string of the molecule is N[C@]1(c2scnc2Cl)CCCCC1=O. The summed E-state index contributed by atoms with van der Waals surface area (Å²) in [6.45, 7) is 0. The molecule has 1 fully saturated rings. The number of hydrogen-bond acceptors (Lipinski definition) is 4. The summed E-state index contributed by atoms with van der Waals surface area (Å²) >= 11 is 7.26. The van der Waals surface area contributed by atoms with Crippen molar-refractivity contribution in [3.63, 3.8) is 0 Å². The molecule has 2 N–H and O–H groups in total. The molecule has 0 radical (unpaired) electrons. The lowest BCUT2D eigenvalue weighted by atomic mass is 9.80. The second-order valence-corrected chi connectivity index (χ2v) is 4.79. The molecule has 76 valence electrons. The van der Waals surface area contributed by atoms with Gasteiger partial charge in [-0.3, -0.25) is 4.79 Å². The summed E-state index contributed by atoms with van der Waals surface area (Å²) in [5.41, 5.74) is 6.87. The number of Topliss-reactive ketones (excluding diaryl/α,β-unsaturated/α-hetero) is 1. The summed E-state index contributed by atoms with van der Waals surface area (Å²) in [7, 11) is 0. The van der Waals surface area contributed by atoms with Crippen LogP contribution in [0.2, 0.25) is 5.15 Å². The third-order valence-electron chi connectivity index (χ3n) is 2.65. The van der Waals surface area contributed by atoms with Crippen LogP contribution in [0, 0.1) is 0 Å². The number of nitrogens with two attached hydrogens (primary N) is 1. The molecule has 1 heterocycles. The molecule has 1 saturated carbocycles. The molecule has 1 aliphatic rings. The van der Waals surface area contributed by atoms with Crippen molar-refractivity contribution in [3.8, 4) is 0 Å². The Morgan fingerprint density at radius 1 is 1.57 bits per heavy atom. The molecule has 2 rings (SSSR count). The molecule has 0 aliphatic heterocycles. The quantitative estimate of drug-likeness (QED) is 0.804. The van der Waals surface area contributed by atoms with Gasteiger partial charge in [0.1, 0.15) is 10.7 Å². The first-order valence-corrected chi connectivity index (χ1v) is 5.82. The van der Waals surface area contributed by atoms with E-state index in [0.29, 0.717) is 18.0 Å². The molecule has 1 aromatic rings. The molecule has 0 unspecified atom stereocenters. The summed E-state index contributed by atoms with van der Waals surface area (Å²) in [4.78, 5) is 16.4. The molecule has 1 aliphatic carbocycles. The van der Waals surface area contributed by atoms with E-state index in [4.69, 9.17) is 17.3 Å². The Hall–Kier alpha value is -0.450. The number of aromatic nitrogens is 1. The number of ketones is 1. The number of carbonyl (C=O) groups excluding carboxylic acids is 1. The minimum Gasteiger partial charge on any atom is -0.314 e. The van der Waals surface area contributed by atoms with Gasteiger partial charge in [0.15, 0.2) is 5.78 Å². The first-order valence-electron chi connectivity index (χ1n) is 4.56. The fourth-order valence-electron chi connectivity index (χ4n) is 1.81. The van der Waals surface area contributed by atoms with Gasteiger partial charge in [-0.2, -0.15) is 0 Å². The highest BCUT2D eigenvalue weighted by Crippen LogP contribution is 2.37. The lowest BCUT2D eigenvalue weighted by Gasteiger charge is -2.30. The van der Waals surface area contributed by atoms with Gasteiger partial charge in [0.05, 0.1) is 10.4 Å². The van der Waals surface area contributed by atoms with E-state index in [9.17, 15) is 4.79 Å². The molecular weight excluding hydrogens is 220 g/mol. The number of nitrogens with zero attached hydrogens (tertiary/aromatic N) is 1. The Balaban J connectivity index is 2.39. The number of rotatable bonds is 1. The largest absolute Gasteiger partial charge is 0.314 e. The van der Waals surface area contributed by atoms with E-state index in [1.54, 1.807) is 5.51 Å². The van der Waals surface area contributed by atoms with E-state index in [-0.39, 0.29) is 5.78 Å². The standard InChI is InChI=1S/C9H11ClN2OS/c10-8-7(14-5-12-8)9(11)4-2-1-3-6(9)13/h5H,1-4,11H2/t9-/m1/s1. The average Bonchev–Trinajstić information content (AvgIpc) is 2.57. The number of hydrogen-bond donors (Lipinski definition) is 1. The van der Waals surface area contributed by atoms with Crippen LogP contribution in [0.15, 0.2) is 5.51 Å². The van der Waals surface area contributed by atoms with Crippen molar-refractivity contribution in [2.75, 3.05) is 0 Å². The van der Waals surface area contributed by atoms with Gasteiger partial charge in [-0.25, -0.2) is 4.98 Å². The summed E-state index contributed by atoms with van der Waals surface area (Å²) in [5.74, 6) is 0.0925. The van der Waals surface area contributed by atoms with Crippen molar-refractivity contribution < 1.29 is 4.79 Å². The molecule has 5 heteroatoms. The average molecular weight is 231 g/mol. The molecule has 1 atom stereocenters. The minimum absolute atomic E-state index is 0.0925. The molecule has 14 heavy (non-hydrogen) atoms. The summed E-state index contributed by atoms with van der Waals surface area (Å²) in [6, 6.07) is 0. The van der Waals surface area contributed by atoms with Gasteiger partial charge in [-0.1, -0.05) is 18.0 Å². The van der Waals surface area contributed by atoms with Gasteiger partial charge in [-0.05, 0) is 12.8 Å². The van der Waals surface area contributed by atoms with Crippen LogP contribution in [-0.4, -0.2) is 10.8 Å². The van der Waals surface area contributed by atoms with E-state index < -0.39 is 5.54 Å². The Kier molecular flexibility index (Phi) is 2.60. The van der Waals surface area contributed by atoms with Crippen molar-refractivity contribution in [2.45, 2.75) is 31.2 Å². The third kappa shape index (κ3) is 1.47. The first kappa shape index (κ1) is 10.1. The van der Waals surface area contributed by atoms with Crippen LogP contribution < -0.4 is 5.73 Å². The smallest absolute Gasteiger partial charge is 0.158 e. The first-order chi connectivity index (χ1) is 6.64. The van der Waals surface area contributed by atoms with Gasteiger partial charge in [0, 0.05) is 6.42 Å². The monoisotopic (exact) mass is 230 g/mol. The zero-order valence-electron chi connectivity index (χ0n) is 7.62. The van der Waals surface area contributed by atoms with Crippen LogP contribution >= 0.6 is 22.9 Å². The molecule has 0 amide bonds. The van der Waals surface area contributed by atoms with E-state index in [1.807, 2.05) is 0 Å². The molecule has 3 nitrogen and oxygen atoms in total. The summed E-state index contributed by atoms with van der Waals surface area (Å²) in [5, 5.41) is 0.382. The predicted octanol–water partition coefficient (Wildman–Crippen LogP) is 2.09. The molecule has 0 saturated heterocycles. The van der Waals surface area contributed by atoms with Crippen molar-refractivity contribution in [1.29, 1.82) is 0 Å². The molecule has 0 bridgehead atoms. The fourth-order valence-corrected chi connectivity index (χ4v) is 3.06. The van der Waals surface area contributed by atoms with Gasteiger partial charge in [-0.15, -0.1) is 11.3 Å². The molecule has 0 spiro atoms. The highest BCUT2D eigenvalue weighted by molar-refractivity contribution is 7.10. The molecular formula is C9H11ClN2OS. The van der Waals surface area contributed by atoms with Crippen LogP contribution in [-0.2, 0) is 10.3 Å². The lowest BCUT2D eigenvalue weighted by Crippen LogP contribution is -2.46. The highest BCUT2D eigenvalue weighted by Gasteiger charge is 2.40. The van der Waals surface area contributed by atoms with Crippen molar-refractivity contribution >= 4 is 28.7 Å². The van der Waals surface area contributed by atoms with Crippen LogP contribution in [0.25, 0.3) is 0 Å². The van der Waals surface area contributed by atoms with E-state index in [1.165, 1.54) is 11.3 Å². The van der Waals surface area contributed by atoms with Gasteiger partial charge in [0.25, 0.3) is 0 Å². The topological polar surface area (TPSA) is 56.0 Å². The number of carbonyl (C=O) groups is 1. The Bertz CT molecular complexity index is 365. The van der Waals surface area contributed by atoms with Crippen LogP contribution in [0.1, 0.15) is 30.6 Å². The normalized spacial score (nSPS) is 28.0. The fraction of sp³-hybridized carbons (Fsp3) is 0.556.